The van der Waals surface area contributed by atoms with Gasteiger partial charge in [-0.2, -0.15) is 0 Å². The summed E-state index contributed by atoms with van der Waals surface area (Å²) >= 11 is 2.16. The molecule has 1 aliphatic rings. The fraction of sp³-hybridized carbons (Fsp3) is 0.300. The third-order valence-electron chi connectivity index (χ3n) is 4.38. The standard InChI is InChI=1S/C20H19FINO3/c1-20(2,3)13-6-4-12(5-7-13)19-18(22)15-9-8-14(21)10-16(15)17(26-19)11-23(24)25/h4-10,17H,11H2,1-3H3. The van der Waals surface area contributed by atoms with Gasteiger partial charge in [-0.1, -0.05) is 51.1 Å². The summed E-state index contributed by atoms with van der Waals surface area (Å²) in [6.45, 7) is 6.00. The molecule has 0 bridgehead atoms. The lowest BCUT2D eigenvalue weighted by atomic mass is 9.86. The van der Waals surface area contributed by atoms with Gasteiger partial charge in [-0.25, -0.2) is 4.39 Å². The SMILES string of the molecule is CC(C)(C)c1ccc(C2=C(I)c3ccc(F)cc3C(C[N+](=O)[O-])O2)cc1. The molecule has 2 aromatic carbocycles. The Bertz CT molecular complexity index is 885. The van der Waals surface area contributed by atoms with E-state index >= 15 is 0 Å². The molecule has 0 amide bonds. The molecule has 3 rings (SSSR count). The molecule has 1 atom stereocenters. The van der Waals surface area contributed by atoms with Crippen LogP contribution in [-0.4, -0.2) is 11.5 Å². The average molecular weight is 467 g/mol. The van der Waals surface area contributed by atoms with Crippen molar-refractivity contribution in [3.8, 4) is 0 Å². The Hall–Kier alpha value is -1.96. The normalized spacial score (nSPS) is 16.9. The maximum atomic E-state index is 13.7. The van der Waals surface area contributed by atoms with Crippen LogP contribution in [0.15, 0.2) is 42.5 Å². The van der Waals surface area contributed by atoms with Crippen LogP contribution in [0.3, 0.4) is 0 Å². The minimum atomic E-state index is -0.813. The molecular weight excluding hydrogens is 448 g/mol. The number of halogens is 2. The van der Waals surface area contributed by atoms with E-state index in [4.69, 9.17) is 4.74 Å². The van der Waals surface area contributed by atoms with Gasteiger partial charge in [0.25, 0.3) is 0 Å². The van der Waals surface area contributed by atoms with Crippen molar-refractivity contribution in [1.29, 1.82) is 0 Å². The Morgan fingerprint density at radius 3 is 2.42 bits per heavy atom. The molecule has 1 heterocycles. The highest BCUT2D eigenvalue weighted by atomic mass is 127. The highest BCUT2D eigenvalue weighted by Gasteiger charge is 2.31. The van der Waals surface area contributed by atoms with E-state index in [2.05, 4.69) is 43.4 Å². The minimum absolute atomic E-state index is 0.0335. The number of fused-ring (bicyclic) bond motifs is 1. The summed E-state index contributed by atoms with van der Waals surface area (Å²) in [5, 5.41) is 11.1. The van der Waals surface area contributed by atoms with Crippen LogP contribution >= 0.6 is 22.6 Å². The second-order valence-corrected chi connectivity index (χ2v) is 8.40. The van der Waals surface area contributed by atoms with Gasteiger partial charge in [-0.15, -0.1) is 0 Å². The summed E-state index contributed by atoms with van der Waals surface area (Å²) in [7, 11) is 0. The second-order valence-electron chi connectivity index (χ2n) is 7.32. The first-order chi connectivity index (χ1) is 12.2. The van der Waals surface area contributed by atoms with Crippen molar-refractivity contribution < 1.29 is 14.1 Å². The number of hydrogen-bond donors (Lipinski definition) is 0. The Balaban J connectivity index is 2.07. The molecular formula is C20H19FINO3. The van der Waals surface area contributed by atoms with Crippen molar-refractivity contribution in [3.05, 3.63) is 80.6 Å². The number of benzene rings is 2. The van der Waals surface area contributed by atoms with Gasteiger partial charge in [0.05, 0.1) is 3.58 Å². The molecule has 0 aromatic heterocycles. The second kappa shape index (κ2) is 6.98. The smallest absolute Gasteiger partial charge is 0.244 e. The Labute approximate surface area is 165 Å². The Morgan fingerprint density at radius 1 is 1.19 bits per heavy atom. The monoisotopic (exact) mass is 467 g/mol. The summed E-state index contributed by atoms with van der Waals surface area (Å²) in [4.78, 5) is 10.6. The van der Waals surface area contributed by atoms with Gasteiger partial charge in [0.2, 0.25) is 6.54 Å². The molecule has 0 radical (unpaired) electrons. The van der Waals surface area contributed by atoms with E-state index in [0.29, 0.717) is 11.3 Å². The average Bonchev–Trinajstić information content (AvgIpc) is 2.56. The van der Waals surface area contributed by atoms with Gasteiger partial charge < -0.3 is 4.74 Å². The van der Waals surface area contributed by atoms with Crippen LogP contribution in [0.2, 0.25) is 0 Å². The zero-order chi connectivity index (χ0) is 19.1. The first-order valence-electron chi connectivity index (χ1n) is 8.26. The van der Waals surface area contributed by atoms with Crippen LogP contribution in [0, 0.1) is 15.9 Å². The molecule has 0 saturated carbocycles. The highest BCUT2D eigenvalue weighted by molar-refractivity contribution is 14.1. The zero-order valence-electron chi connectivity index (χ0n) is 14.8. The van der Waals surface area contributed by atoms with Crippen LogP contribution in [0.4, 0.5) is 4.39 Å². The zero-order valence-corrected chi connectivity index (χ0v) is 16.9. The fourth-order valence-corrected chi connectivity index (χ4v) is 3.90. The van der Waals surface area contributed by atoms with Gasteiger partial charge in [0, 0.05) is 16.1 Å². The first-order valence-corrected chi connectivity index (χ1v) is 9.33. The van der Waals surface area contributed by atoms with Crippen LogP contribution in [0.1, 0.15) is 49.1 Å². The molecule has 4 nitrogen and oxygen atoms in total. The number of nitro groups is 1. The van der Waals surface area contributed by atoms with Crippen LogP contribution in [0.25, 0.3) is 9.34 Å². The summed E-state index contributed by atoms with van der Waals surface area (Å²) < 4.78 is 20.5. The van der Waals surface area contributed by atoms with Gasteiger partial charge in [0.1, 0.15) is 11.6 Å². The van der Waals surface area contributed by atoms with Crippen molar-refractivity contribution in [1.82, 2.24) is 0 Å². The molecule has 0 N–H and O–H groups in total. The lowest BCUT2D eigenvalue weighted by Gasteiger charge is -2.27. The number of ether oxygens (including phenoxy) is 1. The van der Waals surface area contributed by atoms with E-state index in [0.717, 1.165) is 14.7 Å². The van der Waals surface area contributed by atoms with Crippen molar-refractivity contribution in [2.45, 2.75) is 32.3 Å². The summed E-state index contributed by atoms with van der Waals surface area (Å²) in [5.74, 6) is 0.167. The summed E-state index contributed by atoms with van der Waals surface area (Å²) in [6, 6.07) is 12.4. The van der Waals surface area contributed by atoms with Gasteiger partial charge in [0.15, 0.2) is 6.10 Å². The molecule has 0 saturated heterocycles. The fourth-order valence-electron chi connectivity index (χ4n) is 2.97. The van der Waals surface area contributed by atoms with Gasteiger partial charge >= 0.3 is 0 Å². The maximum Gasteiger partial charge on any atom is 0.244 e. The molecule has 136 valence electrons. The van der Waals surface area contributed by atoms with E-state index in [1.807, 2.05) is 24.3 Å². The molecule has 1 unspecified atom stereocenters. The molecule has 6 heteroatoms. The van der Waals surface area contributed by atoms with Crippen molar-refractivity contribution in [2.75, 3.05) is 6.54 Å². The van der Waals surface area contributed by atoms with E-state index in [1.165, 1.54) is 17.7 Å². The van der Waals surface area contributed by atoms with Crippen LogP contribution in [0.5, 0.6) is 0 Å². The van der Waals surface area contributed by atoms with E-state index in [1.54, 1.807) is 6.07 Å². The molecule has 26 heavy (non-hydrogen) atoms. The van der Waals surface area contributed by atoms with Crippen molar-refractivity contribution in [2.24, 2.45) is 0 Å². The van der Waals surface area contributed by atoms with E-state index in [-0.39, 0.29) is 5.41 Å². The quantitative estimate of drug-likeness (QED) is 0.329. The lowest BCUT2D eigenvalue weighted by Crippen LogP contribution is -2.20. The largest absolute Gasteiger partial charge is 0.477 e. The van der Waals surface area contributed by atoms with E-state index < -0.39 is 23.4 Å². The minimum Gasteiger partial charge on any atom is -0.477 e. The van der Waals surface area contributed by atoms with E-state index in [9.17, 15) is 14.5 Å². The first kappa shape index (κ1) is 18.8. The third kappa shape index (κ3) is 3.75. The topological polar surface area (TPSA) is 52.4 Å². The van der Waals surface area contributed by atoms with Gasteiger partial charge in [-0.3, -0.25) is 10.1 Å². The van der Waals surface area contributed by atoms with Crippen molar-refractivity contribution in [3.63, 3.8) is 0 Å². The maximum absolute atomic E-state index is 13.7. The number of hydrogen-bond acceptors (Lipinski definition) is 3. The van der Waals surface area contributed by atoms with Crippen LogP contribution < -0.4 is 0 Å². The molecule has 1 aliphatic heterocycles. The molecule has 0 aliphatic carbocycles. The predicted molar refractivity (Wildman–Crippen MR) is 108 cm³/mol. The summed E-state index contributed by atoms with van der Waals surface area (Å²) in [5.41, 5.74) is 3.37. The number of nitrogens with zero attached hydrogens (tertiary/aromatic N) is 1. The Kier molecular flexibility index (Phi) is 5.05. The molecule has 2 aromatic rings. The third-order valence-corrected chi connectivity index (χ3v) is 5.46. The lowest BCUT2D eigenvalue weighted by molar-refractivity contribution is -0.491. The molecule has 0 spiro atoms. The van der Waals surface area contributed by atoms with Crippen molar-refractivity contribution >= 4 is 31.9 Å². The highest BCUT2D eigenvalue weighted by Crippen LogP contribution is 2.44. The Morgan fingerprint density at radius 2 is 1.85 bits per heavy atom. The number of rotatable bonds is 3. The molecule has 0 fully saturated rings. The summed E-state index contributed by atoms with van der Waals surface area (Å²) in [6.07, 6.45) is -0.813. The van der Waals surface area contributed by atoms with Crippen LogP contribution in [-0.2, 0) is 10.2 Å². The van der Waals surface area contributed by atoms with Gasteiger partial charge in [-0.05, 0) is 51.3 Å². The predicted octanol–water partition coefficient (Wildman–Crippen LogP) is 5.73.